The van der Waals surface area contributed by atoms with E-state index in [1.54, 1.807) is 0 Å². The Labute approximate surface area is 222 Å². The predicted molar refractivity (Wildman–Crippen MR) is 36.5 cm³/mol. The summed E-state index contributed by atoms with van der Waals surface area (Å²) in [6, 6.07) is 0. The minimum atomic E-state index is -3.58. The van der Waals surface area contributed by atoms with E-state index < -0.39 is 112 Å². The Morgan fingerprint density at radius 1 is 0.280 bits per heavy atom. The molecule has 0 amide bonds. The molecule has 0 rings (SSSR count). The fourth-order valence-corrected chi connectivity index (χ4v) is 0. The van der Waals surface area contributed by atoms with E-state index in [2.05, 4.69) is 0 Å². The summed E-state index contributed by atoms with van der Waals surface area (Å²) < 4.78 is 140. The summed E-state index contributed by atoms with van der Waals surface area (Å²) in [5.74, 6) is 0. The summed E-state index contributed by atoms with van der Waals surface area (Å²) in [4.78, 5) is 0. The van der Waals surface area contributed by atoms with Crippen LogP contribution < -0.4 is 0 Å². The van der Waals surface area contributed by atoms with Crippen LogP contribution in [0.4, 0.5) is 0 Å². The van der Waals surface area contributed by atoms with Gasteiger partial charge in [-0.05, 0) is 0 Å². The van der Waals surface area contributed by atoms with Gasteiger partial charge in [0.05, 0.1) is 0 Å². The van der Waals surface area contributed by atoms with Crippen molar-refractivity contribution in [3.63, 3.8) is 0 Å². The first kappa shape index (κ1) is 47.1. The Kier molecular flexibility index (Phi) is 79.9. The first-order chi connectivity index (χ1) is 10.4. The fourth-order valence-electron chi connectivity index (χ4n) is 0. The van der Waals surface area contributed by atoms with Gasteiger partial charge in [0.25, 0.3) is 0 Å². The van der Waals surface area contributed by atoms with Crippen molar-refractivity contribution in [1.29, 1.82) is 0 Å². The van der Waals surface area contributed by atoms with E-state index >= 15 is 0 Å². The molecule has 12 N–H and O–H groups in total. The maximum atomic E-state index is 8.81. The summed E-state index contributed by atoms with van der Waals surface area (Å²) >= 11 is -21.5. The van der Waals surface area contributed by atoms with E-state index in [0.717, 1.165) is 0 Å². The second-order valence-electron chi connectivity index (χ2n) is 1.70. The van der Waals surface area contributed by atoms with Gasteiger partial charge in [0, 0.05) is 51.4 Å². The third-order valence-corrected chi connectivity index (χ3v) is 0. The van der Waals surface area contributed by atoms with Crippen molar-refractivity contribution in [2.45, 2.75) is 0 Å². The zero-order chi connectivity index (χ0) is 21.5. The van der Waals surface area contributed by atoms with E-state index in [1.165, 1.54) is 0 Å². The average molecular weight is 626 g/mol. The van der Waals surface area contributed by atoms with Crippen LogP contribution in [0.2, 0.25) is 0 Å². The van der Waals surface area contributed by atoms with Crippen LogP contribution in [0.1, 0.15) is 0 Å². The second kappa shape index (κ2) is 42.4. The molecule has 18 nitrogen and oxygen atoms in total. The van der Waals surface area contributed by atoms with Crippen molar-refractivity contribution in [2.75, 3.05) is 0 Å². The molecule has 0 aliphatic heterocycles. The maximum absolute atomic E-state index is 8.81. The van der Waals surface area contributed by atoms with Gasteiger partial charge in [0.15, 0.2) is 0 Å². The third-order valence-electron chi connectivity index (χ3n) is 0. The molecule has 0 aromatic carbocycles. The van der Waals surface area contributed by atoms with Crippen molar-refractivity contribution in [3.8, 4) is 0 Å². The van der Waals surface area contributed by atoms with Crippen molar-refractivity contribution >= 4 is 51.4 Å². The molecule has 0 spiro atoms. The molecule has 0 fully saturated rings. The molecule has 0 unspecified atom stereocenters. The van der Waals surface area contributed by atoms with Gasteiger partial charge in [-0.1, -0.05) is 0 Å². The molecule has 1 radical (unpaired) electrons. The van der Waals surface area contributed by atoms with Crippen LogP contribution in [-0.2, 0) is 132 Å². The SMILES string of the molecule is [K].[O]=[Ti]([OH])[OH].[O]=[Ti]([OH])[OH].[O]=[Ti]([OH])[OH].[O]=[Ti]([OH])[OH].[O]=[Ti]([OH])[OH].[O]=[Ti]([OH])[OH]. The Morgan fingerprint density at radius 2 is 0.280 bits per heavy atom. The fraction of sp³-hybridized carbons (Fsp3) is 0. The molecule has 0 saturated carbocycles. The summed E-state index contributed by atoms with van der Waals surface area (Å²) in [5, 5.41) is 0. The van der Waals surface area contributed by atoms with Crippen LogP contribution in [0.15, 0.2) is 0 Å². The van der Waals surface area contributed by atoms with Crippen LogP contribution in [0.5, 0.6) is 0 Å². The van der Waals surface area contributed by atoms with Crippen LogP contribution >= 0.6 is 0 Å². The van der Waals surface area contributed by atoms with Gasteiger partial charge >= 0.3 is 176 Å². The average Bonchev–Trinajstić information content (AvgIpc) is 2.08. The van der Waals surface area contributed by atoms with Gasteiger partial charge in [0.1, 0.15) is 0 Å². The number of hydrogen-bond donors (Lipinski definition) is 12. The standard InChI is InChI=1S/K.12H2O.6O.6Ti/h;12*1H2;;;;;;;;;;;;/q;;;;;;;;;;;;;;;;;;;6*+2/p-12. The van der Waals surface area contributed by atoms with E-state index in [1.807, 2.05) is 0 Å². The second-order valence-corrected chi connectivity index (χ2v) is 6.99. The van der Waals surface area contributed by atoms with Crippen LogP contribution in [0, 0.1) is 0 Å². The van der Waals surface area contributed by atoms with Gasteiger partial charge < -0.3 is 0 Å². The Hall–Kier alpha value is 4.24. The van der Waals surface area contributed by atoms with E-state index in [4.69, 9.17) is 64.2 Å². The van der Waals surface area contributed by atoms with Gasteiger partial charge in [0.2, 0.25) is 0 Å². The first-order valence-electron chi connectivity index (χ1n) is 3.91. The molecule has 0 aliphatic carbocycles. The molecule has 0 atom stereocenters. The van der Waals surface area contributed by atoms with Crippen LogP contribution in [0.3, 0.4) is 0 Å². The third kappa shape index (κ3) is 1080. The monoisotopic (exact) mass is 627 g/mol. The summed E-state index contributed by atoms with van der Waals surface area (Å²) in [6.07, 6.45) is 0. The Morgan fingerprint density at radius 3 is 0.280 bits per heavy atom. The van der Waals surface area contributed by atoms with Crippen molar-refractivity contribution < 1.29 is 176 Å². The summed E-state index contributed by atoms with van der Waals surface area (Å²) in [6.45, 7) is 0. The molecular weight excluding hydrogens is 614 g/mol. The number of hydrogen-bond acceptors (Lipinski definition) is 6. The number of rotatable bonds is 0. The molecule has 0 aliphatic rings. The molecule has 0 bridgehead atoms. The topological polar surface area (TPSA) is 345 Å². The summed E-state index contributed by atoms with van der Waals surface area (Å²) in [5.41, 5.74) is 0. The normalized spacial score (nSPS) is 6.24. The van der Waals surface area contributed by atoms with Crippen molar-refractivity contribution in [3.05, 3.63) is 0 Å². The minimum absolute atomic E-state index is 0. The molecule has 0 aromatic rings. The quantitative estimate of drug-likeness (QED) is 0.111. The zero-order valence-electron chi connectivity index (χ0n) is 11.8. The zero-order valence-corrected chi connectivity index (χ0v) is 24.3. The van der Waals surface area contributed by atoms with Gasteiger partial charge in [-0.25, -0.2) is 0 Å². The Bertz CT molecular complexity index is 257. The van der Waals surface area contributed by atoms with E-state index in [-0.39, 0.29) is 51.4 Å². The molecule has 0 aromatic heterocycles. The molecule has 145 valence electrons. The molecular formula is H12KO18Ti6. The first-order valence-corrected chi connectivity index (χ1v) is 16.1. The van der Waals surface area contributed by atoms with Gasteiger partial charge in [-0.3, -0.25) is 0 Å². The molecule has 0 saturated heterocycles. The Balaban J connectivity index is -0.0000000309. The van der Waals surface area contributed by atoms with Gasteiger partial charge in [-0.2, -0.15) is 0 Å². The van der Waals surface area contributed by atoms with E-state index in [0.29, 0.717) is 0 Å². The van der Waals surface area contributed by atoms with Gasteiger partial charge in [-0.15, -0.1) is 0 Å². The van der Waals surface area contributed by atoms with Crippen molar-refractivity contribution in [2.24, 2.45) is 0 Å². The predicted octanol–water partition coefficient (Wildman–Crippen LogP) is -7.79. The van der Waals surface area contributed by atoms with Crippen LogP contribution in [-0.4, -0.2) is 95.6 Å². The van der Waals surface area contributed by atoms with E-state index in [9.17, 15) is 0 Å². The molecule has 25 heteroatoms. The molecule has 25 heavy (non-hydrogen) atoms. The summed E-state index contributed by atoms with van der Waals surface area (Å²) in [7, 11) is 0. The van der Waals surface area contributed by atoms with Crippen molar-refractivity contribution in [1.82, 2.24) is 0 Å². The van der Waals surface area contributed by atoms with Crippen LogP contribution in [0.25, 0.3) is 0 Å². The molecule has 0 heterocycles.